The number of carbonyl (C=O) groups is 1. The lowest BCUT2D eigenvalue weighted by atomic mass is 9.99. The van der Waals surface area contributed by atoms with E-state index < -0.39 is 36.7 Å². The van der Waals surface area contributed by atoms with Gasteiger partial charge in [0.1, 0.15) is 18.3 Å². The first-order valence-electron chi connectivity index (χ1n) is 7.53. The summed E-state index contributed by atoms with van der Waals surface area (Å²) >= 11 is 0. The molecular formula is C14H26O7. The van der Waals surface area contributed by atoms with Crippen molar-refractivity contribution in [3.8, 4) is 0 Å². The SMILES string of the molecule is CCCCCCCCO[C@H]1O[C@H](C(=O)O)[C@@H](O)[C@H](O)[C@@H]1O. The summed E-state index contributed by atoms with van der Waals surface area (Å²) in [6.07, 6.45) is -1.17. The van der Waals surface area contributed by atoms with Gasteiger partial charge in [-0.1, -0.05) is 39.0 Å². The second kappa shape index (κ2) is 9.32. The second-order valence-electron chi connectivity index (χ2n) is 5.37. The normalized spacial score (nSPS) is 33.0. The van der Waals surface area contributed by atoms with Crippen LogP contribution < -0.4 is 0 Å². The Labute approximate surface area is 124 Å². The number of ether oxygens (including phenoxy) is 2. The van der Waals surface area contributed by atoms with Crippen molar-refractivity contribution < 1.29 is 34.7 Å². The molecule has 1 saturated heterocycles. The molecule has 0 unspecified atom stereocenters. The highest BCUT2D eigenvalue weighted by atomic mass is 16.7. The van der Waals surface area contributed by atoms with Crippen LogP contribution in [0.4, 0.5) is 0 Å². The summed E-state index contributed by atoms with van der Waals surface area (Å²) < 4.78 is 10.3. The van der Waals surface area contributed by atoms with E-state index in [0.717, 1.165) is 19.3 Å². The van der Waals surface area contributed by atoms with Crippen LogP contribution in [-0.2, 0) is 14.3 Å². The van der Waals surface area contributed by atoms with Gasteiger partial charge in [0.2, 0.25) is 0 Å². The minimum Gasteiger partial charge on any atom is -0.479 e. The van der Waals surface area contributed by atoms with E-state index in [4.69, 9.17) is 14.6 Å². The summed E-state index contributed by atoms with van der Waals surface area (Å²) in [5.74, 6) is -1.40. The highest BCUT2D eigenvalue weighted by Gasteiger charge is 2.47. The van der Waals surface area contributed by atoms with E-state index in [9.17, 15) is 20.1 Å². The zero-order valence-electron chi connectivity index (χ0n) is 12.4. The molecule has 21 heavy (non-hydrogen) atoms. The number of aliphatic hydroxyl groups excluding tert-OH is 3. The van der Waals surface area contributed by atoms with Crippen molar-refractivity contribution in [3.63, 3.8) is 0 Å². The quantitative estimate of drug-likeness (QED) is 0.451. The Hall–Kier alpha value is -0.730. The van der Waals surface area contributed by atoms with E-state index in [1.165, 1.54) is 19.3 Å². The molecular weight excluding hydrogens is 280 g/mol. The average Bonchev–Trinajstić information content (AvgIpc) is 2.45. The number of hydrogen-bond acceptors (Lipinski definition) is 6. The topological polar surface area (TPSA) is 116 Å². The number of aliphatic carboxylic acids is 1. The predicted octanol–water partition coefficient (Wildman–Crippen LogP) is 0.256. The lowest BCUT2D eigenvalue weighted by Gasteiger charge is -2.38. The van der Waals surface area contributed by atoms with Crippen LogP contribution in [0.3, 0.4) is 0 Å². The molecule has 1 heterocycles. The number of carboxylic acids is 1. The third-order valence-electron chi connectivity index (χ3n) is 3.59. The van der Waals surface area contributed by atoms with Crippen LogP contribution in [0.1, 0.15) is 45.4 Å². The molecule has 124 valence electrons. The molecule has 0 radical (unpaired) electrons. The number of unbranched alkanes of at least 4 members (excludes halogenated alkanes) is 5. The summed E-state index contributed by atoms with van der Waals surface area (Å²) in [7, 11) is 0. The maximum absolute atomic E-state index is 10.9. The van der Waals surface area contributed by atoms with Crippen molar-refractivity contribution in [2.24, 2.45) is 0 Å². The van der Waals surface area contributed by atoms with Crippen molar-refractivity contribution in [2.45, 2.75) is 76.2 Å². The summed E-state index contributed by atoms with van der Waals surface area (Å²) in [6, 6.07) is 0. The number of aliphatic hydroxyl groups is 3. The first-order chi connectivity index (χ1) is 9.99. The van der Waals surface area contributed by atoms with E-state index in [-0.39, 0.29) is 0 Å². The Morgan fingerprint density at radius 1 is 1.00 bits per heavy atom. The molecule has 7 nitrogen and oxygen atoms in total. The summed E-state index contributed by atoms with van der Waals surface area (Å²) in [4.78, 5) is 10.9. The van der Waals surface area contributed by atoms with Crippen molar-refractivity contribution >= 4 is 5.97 Å². The molecule has 0 spiro atoms. The second-order valence-corrected chi connectivity index (χ2v) is 5.37. The lowest BCUT2D eigenvalue weighted by Crippen LogP contribution is -2.60. The molecule has 1 rings (SSSR count). The fourth-order valence-electron chi connectivity index (χ4n) is 2.27. The molecule has 1 aliphatic heterocycles. The molecule has 0 saturated carbocycles. The van der Waals surface area contributed by atoms with Crippen molar-refractivity contribution in [2.75, 3.05) is 6.61 Å². The minimum atomic E-state index is -1.67. The zero-order valence-corrected chi connectivity index (χ0v) is 12.4. The standard InChI is InChI=1S/C14H26O7/c1-2-3-4-5-6-7-8-20-14-11(17)9(15)10(16)12(21-14)13(18)19/h9-12,14-17H,2-8H2,1H3,(H,18,19)/t9-,10-,11-,12-,14-/m0/s1. The highest BCUT2D eigenvalue weighted by Crippen LogP contribution is 2.22. The van der Waals surface area contributed by atoms with Gasteiger partial charge in [0.05, 0.1) is 0 Å². The smallest absolute Gasteiger partial charge is 0.335 e. The predicted molar refractivity (Wildman–Crippen MR) is 73.6 cm³/mol. The van der Waals surface area contributed by atoms with Crippen molar-refractivity contribution in [1.82, 2.24) is 0 Å². The van der Waals surface area contributed by atoms with E-state index in [1.54, 1.807) is 0 Å². The van der Waals surface area contributed by atoms with Gasteiger partial charge in [-0.2, -0.15) is 0 Å². The maximum Gasteiger partial charge on any atom is 0.335 e. The van der Waals surface area contributed by atoms with Crippen LogP contribution in [0, 0.1) is 0 Å². The fraction of sp³-hybridized carbons (Fsp3) is 0.929. The van der Waals surface area contributed by atoms with Crippen LogP contribution in [0.5, 0.6) is 0 Å². The highest BCUT2D eigenvalue weighted by molar-refractivity contribution is 5.73. The molecule has 7 heteroatoms. The van der Waals surface area contributed by atoms with E-state index in [1.807, 2.05) is 0 Å². The molecule has 0 aromatic carbocycles. The third kappa shape index (κ3) is 5.52. The monoisotopic (exact) mass is 306 g/mol. The Morgan fingerprint density at radius 3 is 2.24 bits per heavy atom. The van der Waals surface area contributed by atoms with E-state index in [2.05, 4.69) is 6.92 Å². The number of rotatable bonds is 9. The molecule has 0 aliphatic carbocycles. The van der Waals surface area contributed by atoms with Gasteiger partial charge < -0.3 is 29.9 Å². The van der Waals surface area contributed by atoms with Gasteiger partial charge >= 0.3 is 5.97 Å². The lowest BCUT2D eigenvalue weighted by molar-refractivity contribution is -0.294. The van der Waals surface area contributed by atoms with Gasteiger partial charge in [0, 0.05) is 6.61 Å². The minimum absolute atomic E-state index is 0.309. The van der Waals surface area contributed by atoms with Gasteiger partial charge in [-0.15, -0.1) is 0 Å². The molecule has 4 N–H and O–H groups in total. The summed E-state index contributed by atoms with van der Waals surface area (Å²) in [5.41, 5.74) is 0. The Balaban J connectivity index is 2.31. The summed E-state index contributed by atoms with van der Waals surface area (Å²) in [6.45, 7) is 2.45. The number of hydrogen-bond donors (Lipinski definition) is 4. The van der Waals surface area contributed by atoms with Gasteiger partial charge in [0.15, 0.2) is 12.4 Å². The van der Waals surface area contributed by atoms with Crippen molar-refractivity contribution in [1.29, 1.82) is 0 Å². The third-order valence-corrected chi connectivity index (χ3v) is 3.59. The Kier molecular flexibility index (Phi) is 8.13. The van der Waals surface area contributed by atoms with Crippen molar-refractivity contribution in [3.05, 3.63) is 0 Å². The molecule has 5 atom stereocenters. The van der Waals surface area contributed by atoms with Crippen LogP contribution in [0.15, 0.2) is 0 Å². The molecule has 0 aromatic heterocycles. The Morgan fingerprint density at radius 2 is 1.62 bits per heavy atom. The fourth-order valence-corrected chi connectivity index (χ4v) is 2.27. The number of carboxylic acid groups (broad SMARTS) is 1. The van der Waals surface area contributed by atoms with E-state index in [0.29, 0.717) is 6.61 Å². The zero-order chi connectivity index (χ0) is 15.8. The van der Waals surface area contributed by atoms with Gasteiger partial charge in [-0.05, 0) is 6.42 Å². The average molecular weight is 306 g/mol. The van der Waals surface area contributed by atoms with Gasteiger partial charge in [0.25, 0.3) is 0 Å². The Bertz CT molecular complexity index is 310. The first-order valence-corrected chi connectivity index (χ1v) is 7.53. The van der Waals surface area contributed by atoms with Crippen LogP contribution in [0.2, 0.25) is 0 Å². The molecule has 0 amide bonds. The molecule has 0 bridgehead atoms. The largest absolute Gasteiger partial charge is 0.479 e. The van der Waals surface area contributed by atoms with Gasteiger partial charge in [-0.25, -0.2) is 4.79 Å². The van der Waals surface area contributed by atoms with Crippen LogP contribution in [-0.4, -0.2) is 63.7 Å². The molecule has 1 aliphatic rings. The summed E-state index contributed by atoms with van der Waals surface area (Å²) in [5, 5.41) is 37.7. The maximum atomic E-state index is 10.9. The molecule has 0 aromatic rings. The van der Waals surface area contributed by atoms with Crippen LogP contribution >= 0.6 is 0 Å². The van der Waals surface area contributed by atoms with Gasteiger partial charge in [-0.3, -0.25) is 0 Å². The first kappa shape index (κ1) is 18.3. The van der Waals surface area contributed by atoms with Crippen LogP contribution in [0.25, 0.3) is 0 Å². The molecule has 1 fully saturated rings. The van der Waals surface area contributed by atoms with E-state index >= 15 is 0 Å².